The highest BCUT2D eigenvalue weighted by molar-refractivity contribution is 5.88. The molecule has 35 heavy (non-hydrogen) atoms. The number of alkyl halides is 2. The zero-order valence-corrected chi connectivity index (χ0v) is 20.2. The quantitative estimate of drug-likeness (QED) is 0.499. The van der Waals surface area contributed by atoms with Crippen molar-refractivity contribution in [1.82, 2.24) is 24.6 Å². The van der Waals surface area contributed by atoms with Gasteiger partial charge >= 0.3 is 0 Å². The summed E-state index contributed by atoms with van der Waals surface area (Å²) < 4.78 is 34.4. The number of anilines is 1. The van der Waals surface area contributed by atoms with Crippen molar-refractivity contribution in [2.75, 3.05) is 32.5 Å². The number of methoxy groups -OCH3 is 1. The van der Waals surface area contributed by atoms with Gasteiger partial charge in [-0.05, 0) is 44.4 Å². The van der Waals surface area contributed by atoms with E-state index in [1.165, 1.54) is 11.0 Å². The number of nitriles is 1. The molecule has 0 atom stereocenters. The third-order valence-electron chi connectivity index (χ3n) is 6.35. The molecule has 0 radical (unpaired) electrons. The number of nitrogen functional groups attached to an aromatic ring is 1. The largest absolute Gasteiger partial charge is 0.496 e. The Bertz CT molecular complexity index is 1290. The maximum atomic E-state index is 13.6. The Morgan fingerprint density at radius 2 is 2.06 bits per heavy atom. The van der Waals surface area contributed by atoms with Crippen LogP contribution in [0.3, 0.4) is 0 Å². The molecule has 1 aliphatic rings. The van der Waals surface area contributed by atoms with Crippen LogP contribution in [0.15, 0.2) is 12.4 Å². The lowest BCUT2D eigenvalue weighted by molar-refractivity contribution is 0.00699. The van der Waals surface area contributed by atoms with E-state index in [4.69, 9.17) is 10.5 Å². The van der Waals surface area contributed by atoms with Gasteiger partial charge < -0.3 is 15.6 Å². The summed E-state index contributed by atoms with van der Waals surface area (Å²) >= 11 is 0. The maximum Gasteiger partial charge on any atom is 0.282 e. The first-order chi connectivity index (χ1) is 16.5. The molecule has 0 unspecified atom stereocenters. The zero-order chi connectivity index (χ0) is 25.5. The Kier molecular flexibility index (Phi) is 6.62. The first-order valence-electron chi connectivity index (χ1n) is 11.3. The second-order valence-electron chi connectivity index (χ2n) is 9.59. The average molecular weight is 486 g/mol. The number of benzene rings is 1. The van der Waals surface area contributed by atoms with Crippen molar-refractivity contribution in [3.05, 3.63) is 40.3 Å². The molecule has 1 fully saturated rings. The second-order valence-corrected chi connectivity index (χ2v) is 9.59. The predicted octanol–water partition coefficient (Wildman–Crippen LogP) is 2.95. The van der Waals surface area contributed by atoms with E-state index >= 15 is 0 Å². The normalized spacial score (nSPS) is 14.9. The lowest BCUT2D eigenvalue weighted by Gasteiger charge is -2.43. The van der Waals surface area contributed by atoms with Gasteiger partial charge in [-0.25, -0.2) is 23.4 Å². The standard InChI is InChI=1S/C24H29F2N7O2/c1-13-15(8-27)7-14(20(35-4)17(13)16-9-32(10-16)11-24(2,3)34)5-6-33-23-18(19(31-33)21(25)26)22(28)29-12-30-23/h7,12,16,21,34H,5-6,9-11H2,1-4H3,(H2,28,29,30). The summed E-state index contributed by atoms with van der Waals surface area (Å²) in [6.07, 6.45) is -1.21. The van der Waals surface area contributed by atoms with Crippen molar-refractivity contribution in [3.8, 4) is 11.8 Å². The fourth-order valence-electron chi connectivity index (χ4n) is 4.89. The molecule has 0 amide bonds. The van der Waals surface area contributed by atoms with Crippen LogP contribution in [0.2, 0.25) is 0 Å². The van der Waals surface area contributed by atoms with Crippen LogP contribution >= 0.6 is 0 Å². The Morgan fingerprint density at radius 1 is 1.34 bits per heavy atom. The van der Waals surface area contributed by atoms with Gasteiger partial charge in [0, 0.05) is 37.7 Å². The molecule has 1 aliphatic heterocycles. The predicted molar refractivity (Wildman–Crippen MR) is 126 cm³/mol. The number of nitrogens with two attached hydrogens (primary N) is 1. The molecule has 0 spiro atoms. The first kappa shape index (κ1) is 24.8. The lowest BCUT2D eigenvalue weighted by Crippen LogP contribution is -2.51. The van der Waals surface area contributed by atoms with E-state index in [9.17, 15) is 19.1 Å². The monoisotopic (exact) mass is 485 g/mol. The number of hydrogen-bond donors (Lipinski definition) is 2. The van der Waals surface area contributed by atoms with Crippen LogP contribution in [0, 0.1) is 18.3 Å². The number of ether oxygens (including phenoxy) is 1. The van der Waals surface area contributed by atoms with Crippen molar-refractivity contribution < 1.29 is 18.6 Å². The second kappa shape index (κ2) is 9.36. The van der Waals surface area contributed by atoms with Crippen LogP contribution in [0.5, 0.6) is 5.75 Å². The molecule has 3 heterocycles. The highest BCUT2D eigenvalue weighted by Crippen LogP contribution is 2.40. The Balaban J connectivity index is 1.66. The number of aromatic nitrogens is 4. The van der Waals surface area contributed by atoms with E-state index in [0.717, 1.165) is 29.8 Å². The molecule has 0 aliphatic carbocycles. The van der Waals surface area contributed by atoms with Crippen LogP contribution in [-0.2, 0) is 13.0 Å². The summed E-state index contributed by atoms with van der Waals surface area (Å²) in [5.74, 6) is 0.802. The minimum Gasteiger partial charge on any atom is -0.496 e. The Labute approximate surface area is 202 Å². The molecule has 1 aromatic carbocycles. The van der Waals surface area contributed by atoms with Gasteiger partial charge in [-0.3, -0.25) is 4.90 Å². The van der Waals surface area contributed by atoms with Gasteiger partial charge in [0.15, 0.2) is 5.65 Å². The number of hydrogen-bond acceptors (Lipinski definition) is 8. The molecule has 0 saturated carbocycles. The van der Waals surface area contributed by atoms with Gasteiger partial charge in [-0.2, -0.15) is 10.4 Å². The fraction of sp³-hybridized carbons (Fsp3) is 0.500. The summed E-state index contributed by atoms with van der Waals surface area (Å²) in [5, 5.41) is 24.0. The summed E-state index contributed by atoms with van der Waals surface area (Å²) in [5.41, 5.74) is 7.99. The van der Waals surface area contributed by atoms with Crippen LogP contribution in [0.4, 0.5) is 14.6 Å². The molecular formula is C24H29F2N7O2. The number of likely N-dealkylation sites (tertiary alicyclic amines) is 1. The van der Waals surface area contributed by atoms with Gasteiger partial charge in [-0.1, -0.05) is 0 Å². The highest BCUT2D eigenvalue weighted by Gasteiger charge is 2.35. The van der Waals surface area contributed by atoms with E-state index in [1.807, 2.05) is 6.92 Å². The number of halogens is 2. The number of β-amino-alcohol motifs (C(OH)–C–C–N with tert-alkyl or cyclic N) is 1. The average Bonchev–Trinajstić information content (AvgIpc) is 3.15. The number of rotatable bonds is 8. The number of nitrogens with zero attached hydrogens (tertiary/aromatic N) is 6. The first-order valence-corrected chi connectivity index (χ1v) is 11.3. The van der Waals surface area contributed by atoms with Gasteiger partial charge in [-0.15, -0.1) is 0 Å². The third-order valence-corrected chi connectivity index (χ3v) is 6.35. The maximum absolute atomic E-state index is 13.6. The van der Waals surface area contributed by atoms with Gasteiger partial charge in [0.25, 0.3) is 6.43 Å². The van der Waals surface area contributed by atoms with Crippen LogP contribution in [-0.4, -0.2) is 62.1 Å². The summed E-state index contributed by atoms with van der Waals surface area (Å²) in [6.45, 7) is 7.74. The van der Waals surface area contributed by atoms with Crippen LogP contribution < -0.4 is 10.5 Å². The number of aryl methyl sites for hydroxylation is 2. The number of fused-ring (bicyclic) bond motifs is 1. The molecule has 4 rings (SSSR count). The van der Waals surface area contributed by atoms with E-state index in [2.05, 4.69) is 26.0 Å². The molecule has 186 valence electrons. The van der Waals surface area contributed by atoms with Crippen LogP contribution in [0.1, 0.15) is 54.1 Å². The SMILES string of the molecule is COc1c(CCn2nc(C(F)F)c3c(N)ncnc32)cc(C#N)c(C)c1C1CN(CC(C)(C)O)C1. The van der Waals surface area contributed by atoms with Crippen molar-refractivity contribution in [3.63, 3.8) is 0 Å². The fourth-order valence-corrected chi connectivity index (χ4v) is 4.89. The zero-order valence-electron chi connectivity index (χ0n) is 20.2. The molecule has 9 nitrogen and oxygen atoms in total. The Morgan fingerprint density at radius 3 is 2.66 bits per heavy atom. The Hall–Kier alpha value is -3.36. The molecule has 0 bridgehead atoms. The van der Waals surface area contributed by atoms with E-state index in [-0.39, 0.29) is 29.3 Å². The van der Waals surface area contributed by atoms with E-state index < -0.39 is 17.7 Å². The van der Waals surface area contributed by atoms with Gasteiger partial charge in [0.05, 0.1) is 29.7 Å². The van der Waals surface area contributed by atoms with Gasteiger partial charge in [0.1, 0.15) is 23.6 Å². The van der Waals surface area contributed by atoms with Crippen molar-refractivity contribution in [2.45, 2.75) is 51.7 Å². The van der Waals surface area contributed by atoms with Crippen LogP contribution in [0.25, 0.3) is 11.0 Å². The molecule has 1 saturated heterocycles. The minimum absolute atomic E-state index is 0.0425. The van der Waals surface area contributed by atoms with Crippen molar-refractivity contribution >= 4 is 16.9 Å². The topological polar surface area (TPSA) is 126 Å². The smallest absolute Gasteiger partial charge is 0.282 e. The summed E-state index contributed by atoms with van der Waals surface area (Å²) in [7, 11) is 1.59. The van der Waals surface area contributed by atoms with E-state index in [1.54, 1.807) is 27.0 Å². The molecule has 3 N–H and O–H groups in total. The highest BCUT2D eigenvalue weighted by atomic mass is 19.3. The minimum atomic E-state index is -2.82. The van der Waals surface area contributed by atoms with E-state index in [0.29, 0.717) is 24.3 Å². The molecule has 11 heteroatoms. The molecular weight excluding hydrogens is 456 g/mol. The van der Waals surface area contributed by atoms with Crippen molar-refractivity contribution in [1.29, 1.82) is 5.26 Å². The summed E-state index contributed by atoms with van der Waals surface area (Å²) in [4.78, 5) is 10.1. The summed E-state index contributed by atoms with van der Waals surface area (Å²) in [6, 6.07) is 4.05. The number of aliphatic hydroxyl groups is 1. The molecule has 2 aromatic heterocycles. The van der Waals surface area contributed by atoms with Gasteiger partial charge in [0.2, 0.25) is 0 Å². The molecule has 3 aromatic rings. The van der Waals surface area contributed by atoms with Crippen molar-refractivity contribution in [2.24, 2.45) is 0 Å². The lowest BCUT2D eigenvalue weighted by atomic mass is 9.83. The third kappa shape index (κ3) is 4.76.